The highest BCUT2D eigenvalue weighted by molar-refractivity contribution is 6.01. The van der Waals surface area contributed by atoms with E-state index in [9.17, 15) is 19.2 Å². The summed E-state index contributed by atoms with van der Waals surface area (Å²) in [5.74, 6) is -1.00. The molecule has 26 heavy (non-hydrogen) atoms. The molecule has 1 aliphatic heterocycles. The van der Waals surface area contributed by atoms with Crippen LogP contribution in [-0.2, 0) is 20.9 Å². The van der Waals surface area contributed by atoms with Gasteiger partial charge >= 0.3 is 5.97 Å². The quantitative estimate of drug-likeness (QED) is 0.578. The molecule has 1 fully saturated rings. The van der Waals surface area contributed by atoms with Crippen LogP contribution in [0.3, 0.4) is 0 Å². The van der Waals surface area contributed by atoms with Crippen molar-refractivity contribution in [2.24, 2.45) is 0 Å². The molecule has 0 N–H and O–H groups in total. The monoisotopic (exact) mass is 354 g/mol. The summed E-state index contributed by atoms with van der Waals surface area (Å²) in [7, 11) is 0. The number of Topliss-reactive ketones (excluding diaryl/α,β-unsaturated/α-hetero) is 1. The van der Waals surface area contributed by atoms with E-state index < -0.39 is 12.6 Å². The number of amides is 1. The molecule has 0 saturated carbocycles. The molecule has 134 valence electrons. The van der Waals surface area contributed by atoms with E-state index in [1.165, 1.54) is 16.8 Å². The molecule has 1 aliphatic rings. The second-order valence-corrected chi connectivity index (χ2v) is 5.95. The zero-order chi connectivity index (χ0) is 18.5. The average molecular weight is 354 g/mol. The number of rotatable bonds is 6. The summed E-state index contributed by atoms with van der Waals surface area (Å²) in [6, 6.07) is 11.2. The first kappa shape index (κ1) is 17.6. The Labute approximate surface area is 149 Å². The Balaban J connectivity index is 1.60. The molecule has 1 aromatic carbocycles. The lowest BCUT2D eigenvalue weighted by atomic mass is 10.1. The van der Waals surface area contributed by atoms with Gasteiger partial charge in [-0.1, -0.05) is 18.2 Å². The molecular weight excluding hydrogens is 336 g/mol. The lowest BCUT2D eigenvalue weighted by Gasteiger charge is -2.16. The summed E-state index contributed by atoms with van der Waals surface area (Å²) in [6.07, 6.45) is 2.78. The molecule has 0 unspecified atom stereocenters. The molecule has 1 amide bonds. The Hall–Kier alpha value is -3.22. The van der Waals surface area contributed by atoms with Gasteiger partial charge in [-0.05, 0) is 24.6 Å². The van der Waals surface area contributed by atoms with E-state index in [0.717, 1.165) is 6.42 Å². The molecule has 7 heteroatoms. The highest BCUT2D eigenvalue weighted by Crippen LogP contribution is 2.22. The molecule has 0 spiro atoms. The van der Waals surface area contributed by atoms with Crippen molar-refractivity contribution in [1.29, 1.82) is 0 Å². The Kier molecular flexibility index (Phi) is 5.26. The number of pyridine rings is 1. The number of benzene rings is 1. The van der Waals surface area contributed by atoms with Crippen LogP contribution in [0.4, 0.5) is 5.69 Å². The van der Waals surface area contributed by atoms with Crippen molar-refractivity contribution < 1.29 is 19.1 Å². The number of ketones is 1. The third kappa shape index (κ3) is 4.05. The van der Waals surface area contributed by atoms with Gasteiger partial charge in [-0.25, -0.2) is 0 Å². The topological polar surface area (TPSA) is 85.7 Å². The van der Waals surface area contributed by atoms with Crippen LogP contribution in [0.25, 0.3) is 0 Å². The van der Waals surface area contributed by atoms with Crippen molar-refractivity contribution in [3.05, 3.63) is 64.6 Å². The molecule has 0 atom stereocenters. The van der Waals surface area contributed by atoms with Crippen molar-refractivity contribution in [2.75, 3.05) is 18.1 Å². The molecule has 7 nitrogen and oxygen atoms in total. The number of ether oxygens (including phenoxy) is 1. The highest BCUT2D eigenvalue weighted by atomic mass is 16.5. The number of anilines is 1. The number of carbonyl (C=O) groups excluding carboxylic acids is 3. The molecule has 3 rings (SSSR count). The number of aromatic nitrogens is 1. The van der Waals surface area contributed by atoms with Crippen molar-refractivity contribution >= 4 is 23.3 Å². The van der Waals surface area contributed by atoms with Crippen LogP contribution < -0.4 is 10.5 Å². The minimum absolute atomic E-state index is 0.0364. The van der Waals surface area contributed by atoms with E-state index in [1.807, 2.05) is 0 Å². The van der Waals surface area contributed by atoms with Gasteiger partial charge in [0.2, 0.25) is 5.91 Å². The van der Waals surface area contributed by atoms with E-state index in [1.54, 1.807) is 41.3 Å². The van der Waals surface area contributed by atoms with Gasteiger partial charge in [-0.2, -0.15) is 0 Å². The molecule has 2 aromatic rings. The Morgan fingerprint density at radius 1 is 1.08 bits per heavy atom. The van der Waals surface area contributed by atoms with Gasteiger partial charge in [0, 0.05) is 36.5 Å². The van der Waals surface area contributed by atoms with Gasteiger partial charge < -0.3 is 14.2 Å². The van der Waals surface area contributed by atoms with Gasteiger partial charge in [-0.3, -0.25) is 19.2 Å². The fourth-order valence-electron chi connectivity index (χ4n) is 2.77. The maximum absolute atomic E-state index is 12.3. The van der Waals surface area contributed by atoms with E-state index in [0.29, 0.717) is 24.2 Å². The number of esters is 1. The fourth-order valence-corrected chi connectivity index (χ4v) is 2.77. The first-order chi connectivity index (χ1) is 12.5. The zero-order valence-corrected chi connectivity index (χ0v) is 14.1. The standard InChI is InChI=1S/C19H18N2O5/c22-16(13-26-19(25)12-20-9-2-1-7-17(20)23)14-5-3-6-15(11-14)21-10-4-8-18(21)24/h1-3,5-7,9,11H,4,8,10,12-13H2. The second-order valence-electron chi connectivity index (χ2n) is 5.95. The van der Waals surface area contributed by atoms with Crippen LogP contribution in [0.15, 0.2) is 53.5 Å². The van der Waals surface area contributed by atoms with Gasteiger partial charge in [0.05, 0.1) is 0 Å². The molecule has 0 radical (unpaired) electrons. The van der Waals surface area contributed by atoms with Crippen LogP contribution in [0, 0.1) is 0 Å². The fraction of sp³-hybridized carbons (Fsp3) is 0.263. The van der Waals surface area contributed by atoms with Crippen LogP contribution in [0.1, 0.15) is 23.2 Å². The molecule has 0 bridgehead atoms. The first-order valence-corrected chi connectivity index (χ1v) is 8.29. The lowest BCUT2D eigenvalue weighted by molar-refractivity contribution is -0.143. The summed E-state index contributed by atoms with van der Waals surface area (Å²) < 4.78 is 6.18. The Morgan fingerprint density at radius 3 is 2.65 bits per heavy atom. The van der Waals surface area contributed by atoms with Crippen LogP contribution in [0.5, 0.6) is 0 Å². The second kappa shape index (κ2) is 7.77. The Bertz CT molecular complexity index is 903. The van der Waals surface area contributed by atoms with E-state index in [-0.39, 0.29) is 23.8 Å². The van der Waals surface area contributed by atoms with E-state index >= 15 is 0 Å². The molecule has 1 saturated heterocycles. The van der Waals surface area contributed by atoms with Crippen molar-refractivity contribution in [3.63, 3.8) is 0 Å². The normalized spacial score (nSPS) is 13.7. The summed E-state index contributed by atoms with van der Waals surface area (Å²) in [6.45, 7) is -0.0373. The third-order valence-corrected chi connectivity index (χ3v) is 4.12. The van der Waals surface area contributed by atoms with Gasteiger partial charge in [0.15, 0.2) is 12.4 Å². The van der Waals surface area contributed by atoms with E-state index in [2.05, 4.69) is 0 Å². The van der Waals surface area contributed by atoms with Crippen molar-refractivity contribution in [2.45, 2.75) is 19.4 Å². The third-order valence-electron chi connectivity index (χ3n) is 4.12. The molecule has 2 heterocycles. The van der Waals surface area contributed by atoms with Crippen LogP contribution in [-0.4, -0.2) is 35.4 Å². The maximum Gasteiger partial charge on any atom is 0.326 e. The lowest BCUT2D eigenvalue weighted by Crippen LogP contribution is -2.25. The van der Waals surface area contributed by atoms with Gasteiger partial charge in [0.25, 0.3) is 5.56 Å². The largest absolute Gasteiger partial charge is 0.456 e. The average Bonchev–Trinajstić information content (AvgIpc) is 3.08. The minimum Gasteiger partial charge on any atom is -0.456 e. The minimum atomic E-state index is -0.669. The summed E-state index contributed by atoms with van der Waals surface area (Å²) >= 11 is 0. The first-order valence-electron chi connectivity index (χ1n) is 8.29. The molecule has 1 aromatic heterocycles. The predicted molar refractivity (Wildman–Crippen MR) is 94.0 cm³/mol. The van der Waals surface area contributed by atoms with Crippen LogP contribution in [0.2, 0.25) is 0 Å². The van der Waals surface area contributed by atoms with E-state index in [4.69, 9.17) is 4.74 Å². The molecular formula is C19H18N2O5. The van der Waals surface area contributed by atoms with Gasteiger partial charge in [0.1, 0.15) is 6.54 Å². The van der Waals surface area contributed by atoms with Crippen LogP contribution >= 0.6 is 0 Å². The maximum atomic E-state index is 12.3. The SMILES string of the molecule is O=C(Cn1ccccc1=O)OCC(=O)c1cccc(N2CCCC2=O)c1. The zero-order valence-electron chi connectivity index (χ0n) is 14.1. The smallest absolute Gasteiger partial charge is 0.326 e. The number of hydrogen-bond donors (Lipinski definition) is 0. The summed E-state index contributed by atoms with van der Waals surface area (Å²) in [5, 5.41) is 0. The number of carbonyl (C=O) groups is 3. The van der Waals surface area contributed by atoms with Gasteiger partial charge in [-0.15, -0.1) is 0 Å². The highest BCUT2D eigenvalue weighted by Gasteiger charge is 2.22. The van der Waals surface area contributed by atoms with Crippen molar-refractivity contribution in [1.82, 2.24) is 4.57 Å². The number of hydrogen-bond acceptors (Lipinski definition) is 5. The predicted octanol–water partition coefficient (Wildman–Crippen LogP) is 1.40. The summed E-state index contributed by atoms with van der Waals surface area (Å²) in [4.78, 5) is 49.1. The molecule has 0 aliphatic carbocycles. The Morgan fingerprint density at radius 2 is 1.92 bits per heavy atom. The summed E-state index contributed by atoms with van der Waals surface area (Å²) in [5.41, 5.74) is 0.714. The number of nitrogens with zero attached hydrogens (tertiary/aromatic N) is 2. The van der Waals surface area contributed by atoms with Crippen molar-refractivity contribution in [3.8, 4) is 0 Å².